The van der Waals surface area contributed by atoms with Crippen molar-refractivity contribution in [2.75, 3.05) is 12.3 Å². The topological polar surface area (TPSA) is 113 Å². The lowest BCUT2D eigenvalue weighted by Gasteiger charge is -2.17. The summed E-state index contributed by atoms with van der Waals surface area (Å²) in [5.74, 6) is 0.380. The molecule has 1 aromatic rings. The standard InChI is InChI=1S/C11H14N2O5/c1-2-18-9-5-3-4-8(12)7(9)6-13(10(14)15)11(16)17/h3-5H,2,6,12H2,1H3,(H,14,15)(H,16,17). The predicted molar refractivity (Wildman–Crippen MR) is 63.6 cm³/mol. The zero-order valence-corrected chi connectivity index (χ0v) is 9.79. The average Bonchev–Trinajstić information content (AvgIpc) is 2.27. The van der Waals surface area contributed by atoms with E-state index in [2.05, 4.69) is 0 Å². The van der Waals surface area contributed by atoms with Crippen molar-refractivity contribution in [2.24, 2.45) is 0 Å². The van der Waals surface area contributed by atoms with E-state index in [-0.39, 0.29) is 17.1 Å². The van der Waals surface area contributed by atoms with Crippen LogP contribution in [-0.2, 0) is 6.54 Å². The predicted octanol–water partition coefficient (Wildman–Crippen LogP) is 1.83. The van der Waals surface area contributed by atoms with Gasteiger partial charge in [0.05, 0.1) is 13.2 Å². The van der Waals surface area contributed by atoms with Crippen LogP contribution in [0.5, 0.6) is 5.75 Å². The zero-order chi connectivity index (χ0) is 13.7. The van der Waals surface area contributed by atoms with Crippen molar-refractivity contribution in [3.8, 4) is 5.75 Å². The number of nitrogens with two attached hydrogens (primary N) is 1. The van der Waals surface area contributed by atoms with Crippen LogP contribution >= 0.6 is 0 Å². The van der Waals surface area contributed by atoms with Gasteiger partial charge in [-0.2, -0.15) is 0 Å². The summed E-state index contributed by atoms with van der Waals surface area (Å²) in [6, 6.07) is 4.81. The smallest absolute Gasteiger partial charge is 0.417 e. The van der Waals surface area contributed by atoms with Crippen molar-refractivity contribution in [1.82, 2.24) is 4.90 Å². The lowest BCUT2D eigenvalue weighted by molar-refractivity contribution is 0.120. The Kier molecular flexibility index (Phi) is 4.36. The highest BCUT2D eigenvalue weighted by molar-refractivity contribution is 5.85. The van der Waals surface area contributed by atoms with Gasteiger partial charge in [0.2, 0.25) is 0 Å². The van der Waals surface area contributed by atoms with Crippen LogP contribution in [0.3, 0.4) is 0 Å². The monoisotopic (exact) mass is 254 g/mol. The summed E-state index contributed by atoms with van der Waals surface area (Å²) in [4.78, 5) is 21.8. The van der Waals surface area contributed by atoms with Crippen molar-refractivity contribution in [2.45, 2.75) is 13.5 Å². The molecule has 0 saturated carbocycles. The Morgan fingerprint density at radius 1 is 1.33 bits per heavy atom. The van der Waals surface area contributed by atoms with Gasteiger partial charge in [-0.05, 0) is 19.1 Å². The van der Waals surface area contributed by atoms with Crippen molar-refractivity contribution >= 4 is 17.9 Å². The van der Waals surface area contributed by atoms with Crippen LogP contribution in [0.15, 0.2) is 18.2 Å². The third-order valence-electron chi connectivity index (χ3n) is 2.25. The minimum absolute atomic E-state index is 0.244. The van der Waals surface area contributed by atoms with Gasteiger partial charge in [-0.3, -0.25) is 0 Å². The molecule has 1 aromatic carbocycles. The number of carbonyl (C=O) groups is 2. The van der Waals surface area contributed by atoms with Gasteiger partial charge in [0.1, 0.15) is 5.75 Å². The minimum Gasteiger partial charge on any atom is -0.493 e. The molecular formula is C11H14N2O5. The summed E-state index contributed by atoms with van der Waals surface area (Å²) < 4.78 is 5.29. The van der Waals surface area contributed by atoms with Crippen molar-refractivity contribution < 1.29 is 24.5 Å². The van der Waals surface area contributed by atoms with Crippen LogP contribution in [0.25, 0.3) is 0 Å². The summed E-state index contributed by atoms with van der Waals surface area (Å²) in [5.41, 5.74) is 6.33. The van der Waals surface area contributed by atoms with Gasteiger partial charge in [0.25, 0.3) is 0 Å². The number of rotatable bonds is 4. The van der Waals surface area contributed by atoms with Gasteiger partial charge >= 0.3 is 12.2 Å². The number of imide groups is 1. The highest BCUT2D eigenvalue weighted by Crippen LogP contribution is 2.26. The fraction of sp³-hybridized carbons (Fsp3) is 0.273. The van der Waals surface area contributed by atoms with Crippen LogP contribution in [0, 0.1) is 0 Å². The van der Waals surface area contributed by atoms with E-state index in [9.17, 15) is 9.59 Å². The number of ether oxygens (including phenoxy) is 1. The largest absolute Gasteiger partial charge is 0.493 e. The van der Waals surface area contributed by atoms with Gasteiger partial charge in [-0.25, -0.2) is 14.5 Å². The number of anilines is 1. The van der Waals surface area contributed by atoms with Crippen LogP contribution < -0.4 is 10.5 Å². The van der Waals surface area contributed by atoms with E-state index in [0.29, 0.717) is 17.9 Å². The van der Waals surface area contributed by atoms with E-state index < -0.39 is 12.2 Å². The first kappa shape index (κ1) is 13.6. The maximum atomic E-state index is 10.8. The molecule has 0 aromatic heterocycles. The minimum atomic E-state index is -1.56. The van der Waals surface area contributed by atoms with Crippen LogP contribution in [0.2, 0.25) is 0 Å². The molecular weight excluding hydrogens is 240 g/mol. The van der Waals surface area contributed by atoms with Crippen LogP contribution in [-0.4, -0.2) is 33.9 Å². The summed E-state index contributed by atoms with van der Waals surface area (Å²) in [5, 5.41) is 17.6. The van der Waals surface area contributed by atoms with E-state index in [4.69, 9.17) is 20.7 Å². The van der Waals surface area contributed by atoms with Gasteiger partial charge in [0, 0.05) is 11.3 Å². The molecule has 0 radical (unpaired) electrons. The highest BCUT2D eigenvalue weighted by Gasteiger charge is 2.22. The molecule has 4 N–H and O–H groups in total. The molecule has 2 amide bonds. The first-order valence-electron chi connectivity index (χ1n) is 5.21. The molecule has 98 valence electrons. The second kappa shape index (κ2) is 5.76. The maximum Gasteiger partial charge on any atom is 0.417 e. The first-order valence-corrected chi connectivity index (χ1v) is 5.21. The number of hydrogen-bond donors (Lipinski definition) is 3. The number of benzene rings is 1. The normalized spacial score (nSPS) is 9.83. The summed E-state index contributed by atoms with van der Waals surface area (Å²) in [6.07, 6.45) is -3.12. The Morgan fingerprint density at radius 3 is 2.44 bits per heavy atom. The molecule has 0 unspecified atom stereocenters. The number of carboxylic acid groups (broad SMARTS) is 2. The van der Waals surface area contributed by atoms with E-state index in [1.807, 2.05) is 0 Å². The third-order valence-corrected chi connectivity index (χ3v) is 2.25. The average molecular weight is 254 g/mol. The van der Waals surface area contributed by atoms with E-state index in [0.717, 1.165) is 0 Å². The number of nitrogens with zero attached hydrogens (tertiary/aromatic N) is 1. The molecule has 0 aliphatic rings. The molecule has 18 heavy (non-hydrogen) atoms. The molecule has 0 fully saturated rings. The number of amides is 2. The SMILES string of the molecule is CCOc1cccc(N)c1CN(C(=O)O)C(=O)O. The van der Waals surface area contributed by atoms with Crippen molar-refractivity contribution in [3.63, 3.8) is 0 Å². The fourth-order valence-corrected chi connectivity index (χ4v) is 1.42. The van der Waals surface area contributed by atoms with E-state index in [1.54, 1.807) is 25.1 Å². The van der Waals surface area contributed by atoms with Gasteiger partial charge in [-0.1, -0.05) is 6.07 Å². The van der Waals surface area contributed by atoms with E-state index in [1.165, 1.54) is 0 Å². The zero-order valence-electron chi connectivity index (χ0n) is 9.79. The highest BCUT2D eigenvalue weighted by atomic mass is 16.5. The van der Waals surface area contributed by atoms with Crippen molar-refractivity contribution in [3.05, 3.63) is 23.8 Å². The molecule has 0 aliphatic carbocycles. The lowest BCUT2D eigenvalue weighted by Crippen LogP contribution is -2.34. The number of hydrogen-bond acceptors (Lipinski definition) is 4. The molecule has 1 rings (SSSR count). The molecule has 0 aliphatic heterocycles. The second-order valence-electron chi connectivity index (χ2n) is 3.41. The lowest BCUT2D eigenvalue weighted by atomic mass is 10.1. The van der Waals surface area contributed by atoms with E-state index >= 15 is 0 Å². The Labute approximate surface area is 103 Å². The summed E-state index contributed by atoms with van der Waals surface area (Å²) >= 11 is 0. The van der Waals surface area contributed by atoms with Crippen LogP contribution in [0.4, 0.5) is 15.3 Å². The molecule has 0 saturated heterocycles. The Hall–Kier alpha value is -2.44. The Morgan fingerprint density at radius 2 is 1.94 bits per heavy atom. The molecule has 7 heteroatoms. The number of nitrogen functional groups attached to an aromatic ring is 1. The second-order valence-corrected chi connectivity index (χ2v) is 3.41. The van der Waals surface area contributed by atoms with Gasteiger partial charge in [0.15, 0.2) is 0 Å². The quantitative estimate of drug-likeness (QED) is 0.706. The Bertz CT molecular complexity index is 447. The first-order chi connectivity index (χ1) is 8.47. The van der Waals surface area contributed by atoms with Gasteiger partial charge in [-0.15, -0.1) is 0 Å². The molecule has 0 spiro atoms. The third kappa shape index (κ3) is 3.03. The van der Waals surface area contributed by atoms with Gasteiger partial charge < -0.3 is 20.7 Å². The molecule has 0 bridgehead atoms. The maximum absolute atomic E-state index is 10.8. The Balaban J connectivity index is 3.08. The molecule has 0 heterocycles. The molecule has 7 nitrogen and oxygen atoms in total. The summed E-state index contributed by atoms with van der Waals surface area (Å²) in [7, 11) is 0. The van der Waals surface area contributed by atoms with Crippen LogP contribution in [0.1, 0.15) is 12.5 Å². The van der Waals surface area contributed by atoms with Crippen molar-refractivity contribution in [1.29, 1.82) is 0 Å². The summed E-state index contributed by atoms with van der Waals surface area (Å²) in [6.45, 7) is 1.77. The molecule has 0 atom stereocenters. The fourth-order valence-electron chi connectivity index (χ4n) is 1.42.